The van der Waals surface area contributed by atoms with Crippen molar-refractivity contribution >= 4 is 6.09 Å². The highest BCUT2D eigenvalue weighted by Gasteiger charge is 2.01. The third-order valence-electron chi connectivity index (χ3n) is 3.44. The lowest BCUT2D eigenvalue weighted by Gasteiger charge is -2.05. The average Bonchev–Trinajstić information content (AvgIpc) is 2.62. The number of hydrogen-bond acceptors (Lipinski definition) is 3. The van der Waals surface area contributed by atoms with Crippen LogP contribution in [0.4, 0.5) is 4.79 Å². The van der Waals surface area contributed by atoms with Crippen LogP contribution in [0.1, 0.15) is 28.7 Å². The maximum Gasteiger partial charge on any atom is 0.407 e. The third kappa shape index (κ3) is 5.79. The van der Waals surface area contributed by atoms with Crippen LogP contribution in [0, 0.1) is 18.8 Å². The van der Waals surface area contributed by atoms with E-state index in [4.69, 9.17) is 9.84 Å². The van der Waals surface area contributed by atoms with Crippen LogP contribution in [0.15, 0.2) is 48.5 Å². The van der Waals surface area contributed by atoms with Gasteiger partial charge in [-0.25, -0.2) is 4.79 Å². The number of carbonyl (C=O) groups excluding carboxylic acids is 1. The molecule has 0 aliphatic heterocycles. The number of aliphatic hydroxyl groups excluding tert-OH is 1. The smallest absolute Gasteiger partial charge is 0.407 e. The van der Waals surface area contributed by atoms with Crippen molar-refractivity contribution in [2.24, 2.45) is 0 Å². The van der Waals surface area contributed by atoms with Crippen LogP contribution in [0.25, 0.3) is 0 Å². The van der Waals surface area contributed by atoms with Gasteiger partial charge in [-0.2, -0.15) is 0 Å². The molecule has 0 aromatic heterocycles. The molecule has 2 N–H and O–H groups in total. The Balaban J connectivity index is 1.72. The molecule has 0 saturated heterocycles. The number of aryl methyl sites for hydroxylation is 1. The number of benzene rings is 2. The average molecular weight is 323 g/mol. The second kappa shape index (κ2) is 9.39. The highest BCUT2D eigenvalue weighted by Crippen LogP contribution is 2.10. The Kier molecular flexibility index (Phi) is 6.88. The van der Waals surface area contributed by atoms with Gasteiger partial charge >= 0.3 is 6.09 Å². The molecule has 2 aromatic rings. The summed E-state index contributed by atoms with van der Waals surface area (Å²) >= 11 is 0. The second-order valence-electron chi connectivity index (χ2n) is 5.35. The van der Waals surface area contributed by atoms with Gasteiger partial charge in [-0.05, 0) is 29.7 Å². The third-order valence-corrected chi connectivity index (χ3v) is 3.44. The molecule has 24 heavy (non-hydrogen) atoms. The number of aliphatic hydroxyl groups is 1. The van der Waals surface area contributed by atoms with E-state index in [2.05, 4.69) is 17.2 Å². The Morgan fingerprint density at radius 3 is 2.71 bits per heavy atom. The van der Waals surface area contributed by atoms with Crippen LogP contribution < -0.4 is 5.32 Å². The summed E-state index contributed by atoms with van der Waals surface area (Å²) in [4.78, 5) is 11.6. The molecule has 0 aliphatic rings. The summed E-state index contributed by atoms with van der Waals surface area (Å²) in [5.41, 5.74) is 3.75. The second-order valence-corrected chi connectivity index (χ2v) is 5.35. The number of alkyl carbamates (subject to hydrolysis) is 1. The molecule has 0 fully saturated rings. The van der Waals surface area contributed by atoms with Gasteiger partial charge in [0.1, 0.15) is 6.61 Å². The zero-order valence-corrected chi connectivity index (χ0v) is 13.7. The van der Waals surface area contributed by atoms with Gasteiger partial charge in [0, 0.05) is 18.5 Å². The molecule has 0 aliphatic carbocycles. The van der Waals surface area contributed by atoms with Gasteiger partial charge in [0.15, 0.2) is 0 Å². The van der Waals surface area contributed by atoms with E-state index in [0.29, 0.717) is 13.0 Å². The summed E-state index contributed by atoms with van der Waals surface area (Å²) in [6.45, 7) is 2.67. The van der Waals surface area contributed by atoms with Crippen LogP contribution >= 0.6 is 0 Å². The first kappa shape index (κ1) is 17.6. The zero-order chi connectivity index (χ0) is 17.2. The molecular formula is C20H21NO3. The van der Waals surface area contributed by atoms with Crippen LogP contribution in [0.5, 0.6) is 0 Å². The first-order chi connectivity index (χ1) is 11.7. The number of nitrogens with one attached hydrogen (secondary N) is 1. The Morgan fingerprint density at radius 2 is 1.96 bits per heavy atom. The Bertz CT molecular complexity index is 730. The largest absolute Gasteiger partial charge is 0.445 e. The molecule has 0 saturated carbocycles. The minimum Gasteiger partial charge on any atom is -0.445 e. The number of carbonyl (C=O) groups is 1. The molecular weight excluding hydrogens is 302 g/mol. The lowest BCUT2D eigenvalue weighted by molar-refractivity contribution is 0.140. The van der Waals surface area contributed by atoms with Gasteiger partial charge in [-0.1, -0.05) is 54.3 Å². The lowest BCUT2D eigenvalue weighted by Crippen LogP contribution is -2.24. The molecule has 0 heterocycles. The molecule has 0 bridgehead atoms. The summed E-state index contributed by atoms with van der Waals surface area (Å²) in [5, 5.41) is 11.8. The molecule has 2 aromatic carbocycles. The van der Waals surface area contributed by atoms with Crippen LogP contribution in [-0.4, -0.2) is 17.7 Å². The molecule has 0 atom stereocenters. The quantitative estimate of drug-likeness (QED) is 0.656. The van der Waals surface area contributed by atoms with Crippen molar-refractivity contribution in [1.82, 2.24) is 5.32 Å². The van der Waals surface area contributed by atoms with Crippen molar-refractivity contribution in [3.05, 3.63) is 70.8 Å². The summed E-state index contributed by atoms with van der Waals surface area (Å²) < 4.78 is 5.12. The Hall–Kier alpha value is -2.77. The van der Waals surface area contributed by atoms with Gasteiger partial charge in [0.05, 0.1) is 6.61 Å². The molecule has 2 rings (SSSR count). The lowest BCUT2D eigenvalue weighted by atomic mass is 10.1. The van der Waals surface area contributed by atoms with E-state index >= 15 is 0 Å². The van der Waals surface area contributed by atoms with Crippen molar-refractivity contribution in [3.63, 3.8) is 0 Å². The summed E-state index contributed by atoms with van der Waals surface area (Å²) in [5.74, 6) is 6.09. The standard InChI is InChI=1S/C20H21NO3/c1-16-10-11-18(14-22)13-19(16)9-5-6-12-21-20(23)24-15-17-7-3-2-4-8-17/h2-4,7-8,10-11,13,22H,6,12,14-15H2,1H3,(H,21,23). The fraction of sp³-hybridized carbons (Fsp3) is 0.250. The summed E-state index contributed by atoms with van der Waals surface area (Å²) in [7, 11) is 0. The van der Waals surface area contributed by atoms with E-state index in [9.17, 15) is 4.79 Å². The molecule has 1 amide bonds. The number of rotatable bonds is 5. The fourth-order valence-corrected chi connectivity index (χ4v) is 2.06. The summed E-state index contributed by atoms with van der Waals surface area (Å²) in [6, 6.07) is 15.2. The SMILES string of the molecule is Cc1ccc(CO)cc1C#CCCNC(=O)OCc1ccccc1. The maximum atomic E-state index is 11.6. The highest BCUT2D eigenvalue weighted by molar-refractivity contribution is 5.67. The van der Waals surface area contributed by atoms with E-state index in [1.807, 2.05) is 55.5 Å². The van der Waals surface area contributed by atoms with Gasteiger partial charge in [-0.15, -0.1) is 0 Å². The van der Waals surface area contributed by atoms with Crippen LogP contribution in [-0.2, 0) is 18.0 Å². The number of ether oxygens (including phenoxy) is 1. The first-order valence-electron chi connectivity index (χ1n) is 7.83. The zero-order valence-electron chi connectivity index (χ0n) is 13.7. The maximum absolute atomic E-state index is 11.6. The van der Waals surface area contributed by atoms with E-state index < -0.39 is 6.09 Å². The van der Waals surface area contributed by atoms with Crippen molar-refractivity contribution in [1.29, 1.82) is 0 Å². The predicted molar refractivity (Wildman–Crippen MR) is 93.2 cm³/mol. The van der Waals surface area contributed by atoms with Crippen molar-refractivity contribution < 1.29 is 14.6 Å². The van der Waals surface area contributed by atoms with E-state index in [0.717, 1.165) is 22.3 Å². The first-order valence-corrected chi connectivity index (χ1v) is 7.83. The minimum absolute atomic E-state index is 0.00374. The number of hydrogen-bond donors (Lipinski definition) is 2. The Labute approximate surface area is 142 Å². The van der Waals surface area contributed by atoms with E-state index in [1.165, 1.54) is 0 Å². The van der Waals surface area contributed by atoms with Crippen LogP contribution in [0.3, 0.4) is 0 Å². The minimum atomic E-state index is -0.445. The van der Waals surface area contributed by atoms with Crippen molar-refractivity contribution in [2.75, 3.05) is 6.54 Å². The highest BCUT2D eigenvalue weighted by atomic mass is 16.5. The topological polar surface area (TPSA) is 58.6 Å². The molecule has 4 nitrogen and oxygen atoms in total. The molecule has 4 heteroatoms. The van der Waals surface area contributed by atoms with Crippen molar-refractivity contribution in [2.45, 2.75) is 26.6 Å². The molecule has 0 spiro atoms. The predicted octanol–water partition coefficient (Wildman–Crippen LogP) is 3.16. The fourth-order valence-electron chi connectivity index (χ4n) is 2.06. The van der Waals surface area contributed by atoms with E-state index in [1.54, 1.807) is 0 Å². The van der Waals surface area contributed by atoms with Crippen LogP contribution in [0.2, 0.25) is 0 Å². The normalized spacial score (nSPS) is 9.75. The van der Waals surface area contributed by atoms with Gasteiger partial charge in [0.2, 0.25) is 0 Å². The van der Waals surface area contributed by atoms with Crippen molar-refractivity contribution in [3.8, 4) is 11.8 Å². The Morgan fingerprint density at radius 1 is 1.17 bits per heavy atom. The molecule has 0 unspecified atom stereocenters. The van der Waals surface area contributed by atoms with Gasteiger partial charge in [0.25, 0.3) is 0 Å². The monoisotopic (exact) mass is 323 g/mol. The molecule has 0 radical (unpaired) electrons. The van der Waals surface area contributed by atoms with Gasteiger partial charge < -0.3 is 15.2 Å². The molecule has 124 valence electrons. The summed E-state index contributed by atoms with van der Waals surface area (Å²) in [6.07, 6.45) is 0.0857. The van der Waals surface area contributed by atoms with Gasteiger partial charge in [-0.3, -0.25) is 0 Å². The van der Waals surface area contributed by atoms with E-state index in [-0.39, 0.29) is 13.2 Å². The number of amides is 1.